The maximum atomic E-state index is 12.7. The molecule has 0 spiro atoms. The molecule has 0 fully saturated rings. The van der Waals surface area contributed by atoms with Gasteiger partial charge in [-0.25, -0.2) is 9.59 Å². The van der Waals surface area contributed by atoms with Gasteiger partial charge in [0.15, 0.2) is 0 Å². The van der Waals surface area contributed by atoms with E-state index in [-0.39, 0.29) is 24.2 Å². The highest BCUT2D eigenvalue weighted by molar-refractivity contribution is 5.93. The summed E-state index contributed by atoms with van der Waals surface area (Å²) in [6.07, 6.45) is 1.41. The molecule has 9 heteroatoms. The minimum Gasteiger partial charge on any atom is -0.496 e. The highest BCUT2D eigenvalue weighted by Gasteiger charge is 2.31. The second-order valence-electron chi connectivity index (χ2n) is 11.5. The molecule has 222 valence electrons. The monoisotopic (exact) mass is 550 g/mol. The number of para-hydroxylation sites is 1. The Labute approximate surface area is 234 Å². The third-order valence-corrected chi connectivity index (χ3v) is 6.73. The van der Waals surface area contributed by atoms with Gasteiger partial charge in [-0.15, -0.1) is 0 Å². The number of carbonyl (C=O) groups excluding carboxylic acids is 3. The van der Waals surface area contributed by atoms with E-state index < -0.39 is 35.7 Å². The predicted molar refractivity (Wildman–Crippen MR) is 152 cm³/mol. The fourth-order valence-electron chi connectivity index (χ4n) is 4.42. The lowest BCUT2D eigenvalue weighted by Crippen LogP contribution is -2.48. The SMILES string of the molecule is CCCCNC(=O)[C@H](C)C[C@H](O)[C@H](C[C@H](Cc1cccc(C(=O)OC)c1OC)C(C)C)NC(=O)OC(C)(C)C. The number of nitrogens with one attached hydrogen (secondary N) is 2. The first-order valence-corrected chi connectivity index (χ1v) is 13.9. The Kier molecular flexibility index (Phi) is 14.3. The van der Waals surface area contributed by atoms with Crippen molar-refractivity contribution in [1.29, 1.82) is 0 Å². The number of hydrogen-bond donors (Lipinski definition) is 3. The molecule has 1 aromatic rings. The van der Waals surface area contributed by atoms with Crippen LogP contribution in [0.3, 0.4) is 0 Å². The first kappa shape index (κ1) is 34.2. The second-order valence-corrected chi connectivity index (χ2v) is 11.5. The van der Waals surface area contributed by atoms with E-state index in [1.54, 1.807) is 39.8 Å². The number of carbonyl (C=O) groups is 3. The van der Waals surface area contributed by atoms with E-state index in [1.165, 1.54) is 14.2 Å². The molecule has 3 N–H and O–H groups in total. The van der Waals surface area contributed by atoms with Crippen molar-refractivity contribution in [1.82, 2.24) is 10.6 Å². The fraction of sp³-hybridized carbons (Fsp3) is 0.700. The van der Waals surface area contributed by atoms with Crippen LogP contribution in [0.4, 0.5) is 4.79 Å². The lowest BCUT2D eigenvalue weighted by atomic mass is 9.81. The Morgan fingerprint density at radius 3 is 2.26 bits per heavy atom. The molecule has 1 rings (SSSR count). The molecule has 0 saturated carbocycles. The van der Waals surface area contributed by atoms with Crippen LogP contribution in [0.25, 0.3) is 0 Å². The third kappa shape index (κ3) is 11.9. The van der Waals surface area contributed by atoms with Crippen molar-refractivity contribution in [2.45, 2.75) is 98.3 Å². The number of aliphatic hydroxyl groups is 1. The van der Waals surface area contributed by atoms with Crippen molar-refractivity contribution < 1.29 is 33.7 Å². The molecule has 0 aromatic heterocycles. The predicted octanol–water partition coefficient (Wildman–Crippen LogP) is 4.88. The molecule has 0 bridgehead atoms. The van der Waals surface area contributed by atoms with E-state index in [1.807, 2.05) is 6.07 Å². The molecule has 0 aliphatic heterocycles. The molecule has 0 unspecified atom stereocenters. The van der Waals surface area contributed by atoms with E-state index >= 15 is 0 Å². The normalized spacial score (nSPS) is 14.6. The summed E-state index contributed by atoms with van der Waals surface area (Å²) in [5.74, 6) is -0.431. The van der Waals surface area contributed by atoms with Crippen LogP contribution >= 0.6 is 0 Å². The lowest BCUT2D eigenvalue weighted by Gasteiger charge is -2.32. The van der Waals surface area contributed by atoms with Crippen LogP contribution in [0.2, 0.25) is 0 Å². The average Bonchev–Trinajstić information content (AvgIpc) is 2.85. The highest BCUT2D eigenvalue weighted by atomic mass is 16.6. The van der Waals surface area contributed by atoms with E-state index in [0.29, 0.717) is 30.7 Å². The Balaban J connectivity index is 3.20. The minimum atomic E-state index is -0.978. The van der Waals surface area contributed by atoms with Crippen molar-refractivity contribution in [3.8, 4) is 5.75 Å². The maximum absolute atomic E-state index is 12.7. The van der Waals surface area contributed by atoms with Crippen molar-refractivity contribution in [2.24, 2.45) is 17.8 Å². The van der Waals surface area contributed by atoms with E-state index in [0.717, 1.165) is 18.4 Å². The summed E-state index contributed by atoms with van der Waals surface area (Å²) >= 11 is 0. The number of amides is 2. The number of rotatable bonds is 15. The van der Waals surface area contributed by atoms with Crippen molar-refractivity contribution in [2.75, 3.05) is 20.8 Å². The lowest BCUT2D eigenvalue weighted by molar-refractivity contribution is -0.125. The topological polar surface area (TPSA) is 123 Å². The molecule has 0 saturated heterocycles. The molecule has 0 heterocycles. The second kappa shape index (κ2) is 16.3. The molecule has 39 heavy (non-hydrogen) atoms. The minimum absolute atomic E-state index is 0.00456. The number of hydrogen-bond acceptors (Lipinski definition) is 7. The summed E-state index contributed by atoms with van der Waals surface area (Å²) in [5.41, 5.74) is 0.463. The number of aliphatic hydroxyl groups excluding tert-OH is 1. The standard InChI is InChI=1S/C30H50N2O7/c1-10-11-15-31-27(34)20(4)16-25(33)24(32-29(36)39-30(5,6)7)18-22(19(2)3)17-21-13-12-14-23(26(21)37-8)28(35)38-9/h12-14,19-20,22,24-25,33H,10-11,15-18H2,1-9H3,(H,31,34)(H,32,36)/t20-,22+,24+,25+/m1/s1. The van der Waals surface area contributed by atoms with Gasteiger partial charge >= 0.3 is 12.1 Å². The fourth-order valence-corrected chi connectivity index (χ4v) is 4.42. The molecule has 9 nitrogen and oxygen atoms in total. The highest BCUT2D eigenvalue weighted by Crippen LogP contribution is 2.31. The number of methoxy groups -OCH3 is 2. The van der Waals surface area contributed by atoms with Crippen LogP contribution in [0, 0.1) is 17.8 Å². The number of benzene rings is 1. The Morgan fingerprint density at radius 2 is 1.72 bits per heavy atom. The number of alkyl carbamates (subject to hydrolysis) is 1. The number of ether oxygens (including phenoxy) is 3. The quantitative estimate of drug-likeness (QED) is 0.210. The molecule has 4 atom stereocenters. The van der Waals surface area contributed by atoms with Gasteiger partial charge in [-0.05, 0) is 69.9 Å². The van der Waals surface area contributed by atoms with Crippen LogP contribution < -0.4 is 15.4 Å². The third-order valence-electron chi connectivity index (χ3n) is 6.73. The van der Waals surface area contributed by atoms with Gasteiger partial charge in [-0.1, -0.05) is 46.2 Å². The molecule has 0 aliphatic rings. The van der Waals surface area contributed by atoms with Crippen LogP contribution in [-0.4, -0.2) is 61.6 Å². The summed E-state index contributed by atoms with van der Waals surface area (Å²) in [7, 11) is 2.84. The van der Waals surface area contributed by atoms with Crippen LogP contribution in [0.5, 0.6) is 5.75 Å². The number of esters is 1. The summed E-state index contributed by atoms with van der Waals surface area (Å²) in [6.45, 7) is 13.9. The molecule has 0 radical (unpaired) electrons. The largest absolute Gasteiger partial charge is 0.496 e. The van der Waals surface area contributed by atoms with Crippen molar-refractivity contribution in [3.63, 3.8) is 0 Å². The van der Waals surface area contributed by atoms with Gasteiger partial charge in [0.05, 0.1) is 26.4 Å². The van der Waals surface area contributed by atoms with Crippen molar-refractivity contribution >= 4 is 18.0 Å². The maximum Gasteiger partial charge on any atom is 0.407 e. The van der Waals surface area contributed by atoms with Gasteiger partial charge in [-0.3, -0.25) is 4.79 Å². The van der Waals surface area contributed by atoms with Gasteiger partial charge in [0.1, 0.15) is 16.9 Å². The van der Waals surface area contributed by atoms with E-state index in [9.17, 15) is 19.5 Å². The first-order chi connectivity index (χ1) is 18.2. The zero-order valence-electron chi connectivity index (χ0n) is 25.3. The first-order valence-electron chi connectivity index (χ1n) is 13.9. The van der Waals surface area contributed by atoms with Crippen LogP contribution in [0.1, 0.15) is 90.1 Å². The Bertz CT molecular complexity index is 926. The molecule has 0 aliphatic carbocycles. The molecule has 1 aromatic carbocycles. The molecular formula is C30H50N2O7. The van der Waals surface area contributed by atoms with Gasteiger partial charge in [-0.2, -0.15) is 0 Å². The molecule has 2 amide bonds. The summed E-state index contributed by atoms with van der Waals surface area (Å²) in [6, 6.07) is 4.68. The zero-order chi connectivity index (χ0) is 29.8. The van der Waals surface area contributed by atoms with E-state index in [2.05, 4.69) is 31.4 Å². The van der Waals surface area contributed by atoms with Crippen molar-refractivity contribution in [3.05, 3.63) is 29.3 Å². The van der Waals surface area contributed by atoms with Gasteiger partial charge in [0.2, 0.25) is 5.91 Å². The van der Waals surface area contributed by atoms with E-state index in [4.69, 9.17) is 14.2 Å². The van der Waals surface area contributed by atoms with Crippen LogP contribution in [0.15, 0.2) is 18.2 Å². The van der Waals surface area contributed by atoms with Gasteiger partial charge < -0.3 is 30.0 Å². The summed E-state index contributed by atoms with van der Waals surface area (Å²) < 4.78 is 16.0. The Hall–Kier alpha value is -2.81. The molecular weight excluding hydrogens is 500 g/mol. The number of unbranched alkanes of at least 4 members (excludes halogenated alkanes) is 1. The summed E-state index contributed by atoms with van der Waals surface area (Å²) in [4.78, 5) is 37.6. The van der Waals surface area contributed by atoms with Gasteiger partial charge in [0, 0.05) is 12.5 Å². The zero-order valence-corrected chi connectivity index (χ0v) is 25.3. The Morgan fingerprint density at radius 1 is 1.05 bits per heavy atom. The average molecular weight is 551 g/mol. The van der Waals surface area contributed by atoms with Gasteiger partial charge in [0.25, 0.3) is 0 Å². The summed E-state index contributed by atoms with van der Waals surface area (Å²) in [5, 5.41) is 17.0. The van der Waals surface area contributed by atoms with Crippen LogP contribution in [-0.2, 0) is 20.7 Å². The smallest absolute Gasteiger partial charge is 0.407 e.